The first-order valence-electron chi connectivity index (χ1n) is 5.80. The maximum Gasteiger partial charge on any atom is 0.103 e. The fourth-order valence-corrected chi connectivity index (χ4v) is 2.38. The van der Waals surface area contributed by atoms with Gasteiger partial charge in [-0.2, -0.15) is 0 Å². The molecule has 1 aromatic carbocycles. The molecule has 1 aliphatic heterocycles. The van der Waals surface area contributed by atoms with Gasteiger partial charge in [0.25, 0.3) is 0 Å². The van der Waals surface area contributed by atoms with Gasteiger partial charge in [0.15, 0.2) is 0 Å². The van der Waals surface area contributed by atoms with E-state index < -0.39 is 5.60 Å². The molecule has 1 atom stereocenters. The van der Waals surface area contributed by atoms with Gasteiger partial charge in [-0.25, -0.2) is 0 Å². The maximum atomic E-state index is 9.90. The summed E-state index contributed by atoms with van der Waals surface area (Å²) in [6.45, 7) is 4.39. The molecule has 1 aliphatic rings. The predicted molar refractivity (Wildman–Crippen MR) is 72.8 cm³/mol. The van der Waals surface area contributed by atoms with E-state index >= 15 is 0 Å². The molecule has 3 nitrogen and oxygen atoms in total. The molecule has 4 heteroatoms. The van der Waals surface area contributed by atoms with Crippen LogP contribution in [0.15, 0.2) is 24.3 Å². The summed E-state index contributed by atoms with van der Waals surface area (Å²) in [6.07, 6.45) is 0.835. The van der Waals surface area contributed by atoms with Crippen LogP contribution in [0.5, 0.6) is 0 Å². The molecule has 0 aliphatic carbocycles. The van der Waals surface area contributed by atoms with Crippen LogP contribution in [0.1, 0.15) is 24.5 Å². The molecule has 1 heterocycles. The van der Waals surface area contributed by atoms with Crippen molar-refractivity contribution in [1.82, 2.24) is 4.90 Å². The number of benzene rings is 1. The van der Waals surface area contributed by atoms with E-state index in [1.54, 1.807) is 0 Å². The summed E-state index contributed by atoms with van der Waals surface area (Å²) in [5, 5.41) is 9.90. The fraction of sp³-hybridized carbons (Fsp3) is 0.462. The van der Waals surface area contributed by atoms with Crippen molar-refractivity contribution in [1.29, 1.82) is 0 Å². The first-order chi connectivity index (χ1) is 7.96. The molecule has 0 radical (unpaired) electrons. The number of likely N-dealkylation sites (tertiary alicyclic amines) is 1. The van der Waals surface area contributed by atoms with E-state index in [-0.39, 0.29) is 0 Å². The molecule has 2 rings (SSSR count). The third-order valence-electron chi connectivity index (χ3n) is 3.15. The van der Waals surface area contributed by atoms with Crippen molar-refractivity contribution in [3.63, 3.8) is 0 Å². The minimum absolute atomic E-state index is 0.431. The minimum atomic E-state index is -0.541. The molecule has 1 aromatic rings. The number of β-amino-alcohol motifs (C(OH)–C–C–N with tert-alkyl or cyclic N) is 1. The van der Waals surface area contributed by atoms with Crippen LogP contribution in [0.4, 0.5) is 0 Å². The van der Waals surface area contributed by atoms with Crippen LogP contribution in [-0.2, 0) is 6.54 Å². The van der Waals surface area contributed by atoms with Gasteiger partial charge in [-0.3, -0.25) is 4.90 Å². The average molecular weight is 250 g/mol. The summed E-state index contributed by atoms with van der Waals surface area (Å²) < 4.78 is 0. The third-order valence-corrected chi connectivity index (χ3v) is 3.38. The number of aliphatic hydroxyl groups is 1. The lowest BCUT2D eigenvalue weighted by Gasteiger charge is -2.19. The molecular weight excluding hydrogens is 232 g/mol. The van der Waals surface area contributed by atoms with Gasteiger partial charge in [0.05, 0.1) is 5.60 Å². The van der Waals surface area contributed by atoms with Crippen molar-refractivity contribution in [2.75, 3.05) is 13.1 Å². The van der Waals surface area contributed by atoms with Crippen molar-refractivity contribution < 1.29 is 5.11 Å². The molecule has 1 saturated heterocycles. The van der Waals surface area contributed by atoms with Gasteiger partial charge in [0.2, 0.25) is 0 Å². The molecule has 1 unspecified atom stereocenters. The van der Waals surface area contributed by atoms with Crippen LogP contribution in [0.2, 0.25) is 0 Å². The lowest BCUT2D eigenvalue weighted by atomic mass is 10.1. The Morgan fingerprint density at radius 1 is 1.59 bits per heavy atom. The van der Waals surface area contributed by atoms with Crippen LogP contribution < -0.4 is 5.73 Å². The lowest BCUT2D eigenvalue weighted by molar-refractivity contribution is 0.0679. The molecule has 92 valence electrons. The molecule has 0 spiro atoms. The molecular formula is C13H18N2OS. The highest BCUT2D eigenvalue weighted by Crippen LogP contribution is 2.22. The zero-order chi connectivity index (χ0) is 12.5. The minimum Gasteiger partial charge on any atom is -0.389 e. The van der Waals surface area contributed by atoms with Crippen LogP contribution in [0.3, 0.4) is 0 Å². The topological polar surface area (TPSA) is 49.5 Å². The molecule has 3 N–H and O–H groups in total. The van der Waals surface area contributed by atoms with Crippen LogP contribution in [-0.4, -0.2) is 33.7 Å². The third kappa shape index (κ3) is 3.25. The Morgan fingerprint density at radius 2 is 2.35 bits per heavy atom. The van der Waals surface area contributed by atoms with Crippen molar-refractivity contribution in [3.05, 3.63) is 35.4 Å². The first kappa shape index (κ1) is 12.5. The van der Waals surface area contributed by atoms with Crippen LogP contribution >= 0.6 is 12.2 Å². The number of hydrogen-bond acceptors (Lipinski definition) is 3. The quantitative estimate of drug-likeness (QED) is 0.793. The van der Waals surface area contributed by atoms with Gasteiger partial charge < -0.3 is 10.8 Å². The van der Waals surface area contributed by atoms with Gasteiger partial charge >= 0.3 is 0 Å². The first-order valence-corrected chi connectivity index (χ1v) is 6.21. The molecule has 0 aromatic heterocycles. The second kappa shape index (κ2) is 4.72. The summed E-state index contributed by atoms with van der Waals surface area (Å²) in [5.74, 6) is 0. The monoisotopic (exact) mass is 250 g/mol. The Hall–Kier alpha value is -0.970. The average Bonchev–Trinajstić information content (AvgIpc) is 2.58. The standard InChI is InChI=1S/C13H18N2OS/c1-13(16)5-6-15(9-13)8-10-3-2-4-11(7-10)12(14)17/h2-4,7,16H,5-6,8-9H2,1H3,(H2,14,17). The SMILES string of the molecule is CC1(O)CCN(Cc2cccc(C(N)=S)c2)C1. The van der Waals surface area contributed by atoms with E-state index in [1.165, 1.54) is 5.56 Å². The van der Waals surface area contributed by atoms with E-state index in [9.17, 15) is 5.11 Å². The maximum absolute atomic E-state index is 9.90. The summed E-state index contributed by atoms with van der Waals surface area (Å²) in [5.41, 5.74) is 7.16. The van der Waals surface area contributed by atoms with Gasteiger partial charge in [0, 0.05) is 25.2 Å². The highest BCUT2D eigenvalue weighted by Gasteiger charge is 2.30. The summed E-state index contributed by atoms with van der Waals surface area (Å²) in [6, 6.07) is 7.98. The molecule has 0 amide bonds. The number of nitrogens with zero attached hydrogens (tertiary/aromatic N) is 1. The van der Waals surface area contributed by atoms with E-state index in [4.69, 9.17) is 18.0 Å². The summed E-state index contributed by atoms with van der Waals surface area (Å²) >= 11 is 4.96. The Morgan fingerprint density at radius 3 is 2.94 bits per heavy atom. The van der Waals surface area contributed by atoms with E-state index in [2.05, 4.69) is 11.0 Å². The van der Waals surface area contributed by atoms with Crippen molar-refractivity contribution in [2.45, 2.75) is 25.5 Å². The van der Waals surface area contributed by atoms with Gasteiger partial charge in [-0.15, -0.1) is 0 Å². The fourth-order valence-electron chi connectivity index (χ4n) is 2.25. The van der Waals surface area contributed by atoms with Gasteiger partial charge in [-0.05, 0) is 25.0 Å². The number of thiocarbonyl (C=S) groups is 1. The highest BCUT2D eigenvalue weighted by molar-refractivity contribution is 7.80. The van der Waals surface area contributed by atoms with Crippen molar-refractivity contribution in [3.8, 4) is 0 Å². The lowest BCUT2D eigenvalue weighted by Crippen LogP contribution is -2.29. The normalized spacial score (nSPS) is 25.1. The Bertz CT molecular complexity index is 431. The van der Waals surface area contributed by atoms with Crippen molar-refractivity contribution in [2.24, 2.45) is 5.73 Å². The van der Waals surface area contributed by atoms with Crippen molar-refractivity contribution >= 4 is 17.2 Å². The van der Waals surface area contributed by atoms with E-state index in [1.807, 2.05) is 25.1 Å². The zero-order valence-electron chi connectivity index (χ0n) is 10.0. The molecule has 0 saturated carbocycles. The Balaban J connectivity index is 2.04. The van der Waals surface area contributed by atoms with E-state index in [0.29, 0.717) is 4.99 Å². The molecule has 1 fully saturated rings. The Labute approximate surface area is 107 Å². The summed E-state index contributed by atoms with van der Waals surface area (Å²) in [7, 11) is 0. The van der Waals surface area contributed by atoms with E-state index in [0.717, 1.165) is 31.6 Å². The second-order valence-corrected chi connectivity index (χ2v) is 5.46. The smallest absolute Gasteiger partial charge is 0.103 e. The Kier molecular flexibility index (Phi) is 3.47. The molecule has 0 bridgehead atoms. The summed E-state index contributed by atoms with van der Waals surface area (Å²) in [4.78, 5) is 2.68. The van der Waals surface area contributed by atoms with Gasteiger partial charge in [0.1, 0.15) is 4.99 Å². The highest BCUT2D eigenvalue weighted by atomic mass is 32.1. The van der Waals surface area contributed by atoms with Crippen LogP contribution in [0.25, 0.3) is 0 Å². The van der Waals surface area contributed by atoms with Crippen LogP contribution in [0, 0.1) is 0 Å². The van der Waals surface area contributed by atoms with Gasteiger partial charge in [-0.1, -0.05) is 30.4 Å². The number of hydrogen-bond donors (Lipinski definition) is 2. The second-order valence-electron chi connectivity index (χ2n) is 5.02. The molecule has 17 heavy (non-hydrogen) atoms. The predicted octanol–water partition coefficient (Wildman–Crippen LogP) is 1.28. The zero-order valence-corrected chi connectivity index (χ0v) is 10.8. The largest absolute Gasteiger partial charge is 0.389 e. The number of nitrogens with two attached hydrogens (primary N) is 1. The number of rotatable bonds is 3.